The van der Waals surface area contributed by atoms with Gasteiger partial charge in [-0.1, -0.05) is 30.3 Å². The smallest absolute Gasteiger partial charge is 0.330 e. The summed E-state index contributed by atoms with van der Waals surface area (Å²) in [6.07, 6.45) is -2.76. The first-order valence-electron chi connectivity index (χ1n) is 6.41. The van der Waals surface area contributed by atoms with E-state index < -0.39 is 24.2 Å². The van der Waals surface area contributed by atoms with Crippen LogP contribution >= 0.6 is 0 Å². The van der Waals surface area contributed by atoms with Crippen LogP contribution in [-0.2, 0) is 6.54 Å². The summed E-state index contributed by atoms with van der Waals surface area (Å²) in [5, 5.41) is 2.96. The average molecular weight is 295 g/mol. The Morgan fingerprint density at radius 3 is 2.48 bits per heavy atom. The molecular formula is C14H15F2N3O2. The van der Waals surface area contributed by atoms with E-state index in [9.17, 15) is 18.4 Å². The molecule has 0 radical (unpaired) electrons. The SMILES string of the molecule is CC(Nc1cc(=O)n(CC(F)F)c(=O)[nH]1)c1ccccc1. The summed E-state index contributed by atoms with van der Waals surface area (Å²) in [4.78, 5) is 25.7. The summed E-state index contributed by atoms with van der Waals surface area (Å²) >= 11 is 0. The molecule has 0 saturated carbocycles. The molecular weight excluding hydrogens is 280 g/mol. The van der Waals surface area contributed by atoms with Gasteiger partial charge >= 0.3 is 5.69 Å². The minimum atomic E-state index is -2.76. The van der Waals surface area contributed by atoms with Crippen molar-refractivity contribution in [1.29, 1.82) is 0 Å². The maximum atomic E-state index is 12.3. The molecule has 112 valence electrons. The number of rotatable bonds is 5. The molecule has 5 nitrogen and oxygen atoms in total. The van der Waals surface area contributed by atoms with E-state index >= 15 is 0 Å². The molecule has 2 N–H and O–H groups in total. The van der Waals surface area contributed by atoms with E-state index in [1.807, 2.05) is 37.3 Å². The van der Waals surface area contributed by atoms with Crippen molar-refractivity contribution < 1.29 is 8.78 Å². The number of halogens is 2. The van der Waals surface area contributed by atoms with Crippen LogP contribution in [0.2, 0.25) is 0 Å². The zero-order valence-corrected chi connectivity index (χ0v) is 11.3. The fraction of sp³-hybridized carbons (Fsp3) is 0.286. The first-order chi connectivity index (χ1) is 9.97. The van der Waals surface area contributed by atoms with Gasteiger partial charge in [0, 0.05) is 12.1 Å². The zero-order valence-electron chi connectivity index (χ0n) is 11.3. The number of aromatic amines is 1. The van der Waals surface area contributed by atoms with Crippen molar-refractivity contribution in [2.75, 3.05) is 5.32 Å². The molecule has 1 aromatic carbocycles. The fourth-order valence-electron chi connectivity index (χ4n) is 1.97. The molecule has 0 spiro atoms. The Bertz CT molecular complexity index is 679. The number of nitrogens with zero attached hydrogens (tertiary/aromatic N) is 1. The van der Waals surface area contributed by atoms with Crippen LogP contribution in [0.25, 0.3) is 0 Å². The number of aromatic nitrogens is 2. The first kappa shape index (κ1) is 15.0. The van der Waals surface area contributed by atoms with Crippen LogP contribution in [0.1, 0.15) is 18.5 Å². The van der Waals surface area contributed by atoms with E-state index in [-0.39, 0.29) is 11.9 Å². The molecule has 0 saturated heterocycles. The third-order valence-electron chi connectivity index (χ3n) is 3.01. The van der Waals surface area contributed by atoms with Crippen molar-refractivity contribution >= 4 is 5.82 Å². The predicted octanol–water partition coefficient (Wildman–Crippen LogP) is 1.97. The number of H-pyrrole nitrogens is 1. The van der Waals surface area contributed by atoms with Gasteiger partial charge < -0.3 is 5.32 Å². The van der Waals surface area contributed by atoms with Crippen LogP contribution in [0.4, 0.5) is 14.6 Å². The Balaban J connectivity index is 2.23. The molecule has 2 aromatic rings. The molecule has 7 heteroatoms. The molecule has 0 aliphatic carbocycles. The predicted molar refractivity (Wildman–Crippen MR) is 75.8 cm³/mol. The lowest BCUT2D eigenvalue weighted by atomic mass is 10.1. The Morgan fingerprint density at radius 2 is 1.90 bits per heavy atom. The topological polar surface area (TPSA) is 66.9 Å². The number of anilines is 1. The monoisotopic (exact) mass is 295 g/mol. The van der Waals surface area contributed by atoms with E-state index in [4.69, 9.17) is 0 Å². The number of hydrogen-bond donors (Lipinski definition) is 2. The lowest BCUT2D eigenvalue weighted by molar-refractivity contribution is 0.123. The third-order valence-corrected chi connectivity index (χ3v) is 3.01. The second-order valence-corrected chi connectivity index (χ2v) is 4.60. The zero-order chi connectivity index (χ0) is 15.4. The van der Waals surface area contributed by atoms with Crippen LogP contribution in [0.3, 0.4) is 0 Å². The van der Waals surface area contributed by atoms with Gasteiger partial charge in [-0.25, -0.2) is 13.6 Å². The molecule has 1 heterocycles. The van der Waals surface area contributed by atoms with Crippen LogP contribution in [-0.4, -0.2) is 16.0 Å². The van der Waals surface area contributed by atoms with Gasteiger partial charge in [-0.2, -0.15) is 0 Å². The Labute approximate surface area is 119 Å². The molecule has 1 atom stereocenters. The molecule has 0 bridgehead atoms. The van der Waals surface area contributed by atoms with Gasteiger partial charge in [0.1, 0.15) is 5.82 Å². The van der Waals surface area contributed by atoms with Crippen LogP contribution in [0, 0.1) is 0 Å². The van der Waals surface area contributed by atoms with E-state index in [1.54, 1.807) is 0 Å². The van der Waals surface area contributed by atoms with Gasteiger partial charge in [-0.3, -0.25) is 14.3 Å². The van der Waals surface area contributed by atoms with Gasteiger partial charge in [-0.15, -0.1) is 0 Å². The number of benzene rings is 1. The molecule has 1 unspecified atom stereocenters. The highest BCUT2D eigenvalue weighted by Crippen LogP contribution is 2.15. The van der Waals surface area contributed by atoms with Gasteiger partial charge in [0.05, 0.1) is 6.54 Å². The maximum absolute atomic E-state index is 12.3. The number of hydrogen-bond acceptors (Lipinski definition) is 3. The quantitative estimate of drug-likeness (QED) is 0.886. The van der Waals surface area contributed by atoms with Gasteiger partial charge in [0.25, 0.3) is 12.0 Å². The van der Waals surface area contributed by atoms with Gasteiger partial charge in [0.2, 0.25) is 0 Å². The lowest BCUT2D eigenvalue weighted by Crippen LogP contribution is -2.37. The maximum Gasteiger partial charge on any atom is 0.330 e. The average Bonchev–Trinajstić information content (AvgIpc) is 2.43. The number of alkyl halides is 2. The summed E-state index contributed by atoms with van der Waals surface area (Å²) in [6, 6.07) is 10.4. The Hall–Kier alpha value is -2.44. The van der Waals surface area contributed by atoms with E-state index in [1.165, 1.54) is 0 Å². The standard InChI is InChI=1S/C14H15F2N3O2/c1-9(10-5-3-2-4-6-10)17-12-7-13(20)19(8-11(15)16)14(21)18-12/h2-7,9,11,17H,8H2,1H3,(H,18,21). The van der Waals surface area contributed by atoms with Crippen molar-refractivity contribution in [3.8, 4) is 0 Å². The van der Waals surface area contributed by atoms with Crippen LogP contribution < -0.4 is 16.6 Å². The summed E-state index contributed by atoms with van der Waals surface area (Å²) in [6.45, 7) is 0.945. The third kappa shape index (κ3) is 3.77. The molecule has 21 heavy (non-hydrogen) atoms. The number of nitrogens with one attached hydrogen (secondary N) is 2. The fourth-order valence-corrected chi connectivity index (χ4v) is 1.97. The van der Waals surface area contributed by atoms with E-state index in [0.29, 0.717) is 4.57 Å². The molecule has 1 aromatic heterocycles. The Morgan fingerprint density at radius 1 is 1.24 bits per heavy atom. The molecule has 0 aliphatic rings. The van der Waals surface area contributed by atoms with Crippen molar-refractivity contribution in [3.05, 3.63) is 62.8 Å². The van der Waals surface area contributed by atoms with Gasteiger partial charge in [0.15, 0.2) is 0 Å². The van der Waals surface area contributed by atoms with Crippen molar-refractivity contribution in [2.24, 2.45) is 0 Å². The van der Waals surface area contributed by atoms with Crippen LogP contribution in [0.5, 0.6) is 0 Å². The summed E-state index contributed by atoms with van der Waals surface area (Å²) in [7, 11) is 0. The minimum Gasteiger partial charge on any atom is -0.365 e. The molecule has 0 amide bonds. The minimum absolute atomic E-state index is 0.146. The largest absolute Gasteiger partial charge is 0.365 e. The first-order valence-corrected chi connectivity index (χ1v) is 6.41. The summed E-state index contributed by atoms with van der Waals surface area (Å²) in [5.74, 6) is 0.201. The summed E-state index contributed by atoms with van der Waals surface area (Å²) in [5.41, 5.74) is -0.650. The lowest BCUT2D eigenvalue weighted by Gasteiger charge is -2.15. The normalized spacial score (nSPS) is 12.4. The van der Waals surface area contributed by atoms with Crippen molar-refractivity contribution in [3.63, 3.8) is 0 Å². The summed E-state index contributed by atoms with van der Waals surface area (Å²) < 4.78 is 25.0. The van der Waals surface area contributed by atoms with Crippen molar-refractivity contribution in [2.45, 2.75) is 25.9 Å². The molecule has 0 fully saturated rings. The van der Waals surface area contributed by atoms with Gasteiger partial charge in [-0.05, 0) is 12.5 Å². The Kier molecular flexibility index (Phi) is 4.52. The van der Waals surface area contributed by atoms with E-state index in [0.717, 1.165) is 11.6 Å². The molecule has 2 rings (SSSR count). The van der Waals surface area contributed by atoms with Crippen molar-refractivity contribution in [1.82, 2.24) is 9.55 Å². The molecule has 0 aliphatic heterocycles. The second kappa shape index (κ2) is 6.34. The van der Waals surface area contributed by atoms with E-state index in [2.05, 4.69) is 10.3 Å². The highest BCUT2D eigenvalue weighted by atomic mass is 19.3. The highest BCUT2D eigenvalue weighted by molar-refractivity contribution is 5.36. The highest BCUT2D eigenvalue weighted by Gasteiger charge is 2.11. The van der Waals surface area contributed by atoms with Crippen LogP contribution in [0.15, 0.2) is 46.0 Å². The second-order valence-electron chi connectivity index (χ2n) is 4.60.